The Balaban J connectivity index is 1.45. The molecule has 5 aromatic rings. The maximum Gasteiger partial charge on any atom is 0.296 e. The van der Waals surface area contributed by atoms with E-state index in [0.717, 1.165) is 17.5 Å². The van der Waals surface area contributed by atoms with Crippen molar-refractivity contribution in [3.63, 3.8) is 0 Å². The summed E-state index contributed by atoms with van der Waals surface area (Å²) in [5, 5.41) is 12.7. The summed E-state index contributed by atoms with van der Waals surface area (Å²) >= 11 is 7.43. The fourth-order valence-electron chi connectivity index (χ4n) is 4.86. The Hall–Kier alpha value is -4.34. The summed E-state index contributed by atoms with van der Waals surface area (Å²) in [5.74, 6) is -0.908. The van der Waals surface area contributed by atoms with E-state index in [-0.39, 0.29) is 11.3 Å². The topological polar surface area (TPSA) is 102 Å². The molecule has 1 aliphatic rings. The number of Topliss-reactive ketones (excluding diaryl/α,β-unsaturated/α-hetero) is 1. The number of ether oxygens (including phenoxy) is 2. The second-order valence-electron chi connectivity index (χ2n) is 9.54. The molecule has 1 N–H and O–H groups in total. The molecule has 0 bridgehead atoms. The molecule has 1 atom stereocenters. The minimum atomic E-state index is -0.967. The molecule has 1 amide bonds. The van der Waals surface area contributed by atoms with Gasteiger partial charge in [-0.2, -0.15) is 0 Å². The van der Waals surface area contributed by atoms with Crippen LogP contribution in [0.1, 0.15) is 41.9 Å². The molecule has 2 aromatic heterocycles. The van der Waals surface area contributed by atoms with Crippen LogP contribution in [0.2, 0.25) is 5.02 Å². The number of nitrogens with zero attached hydrogens (tertiary/aromatic N) is 2. The second-order valence-corrected chi connectivity index (χ2v) is 11.0. The molecule has 0 fully saturated rings. The van der Waals surface area contributed by atoms with Crippen molar-refractivity contribution in [1.29, 1.82) is 0 Å². The SMILES string of the molecule is CCCCOc1ccc(C2C(C(=O)c3cc4cccc(OC)c4o3)=C(O)C(=O)N2c2nc3ccc(Cl)cc3s2)cc1. The number of thiazole rings is 1. The Morgan fingerprint density at radius 3 is 2.71 bits per heavy atom. The van der Waals surface area contributed by atoms with E-state index in [2.05, 4.69) is 11.9 Å². The Labute approximate surface area is 244 Å². The van der Waals surface area contributed by atoms with Gasteiger partial charge in [0.1, 0.15) is 5.75 Å². The van der Waals surface area contributed by atoms with Gasteiger partial charge < -0.3 is 19.0 Å². The third-order valence-corrected chi connectivity index (χ3v) is 8.16. The first-order valence-corrected chi connectivity index (χ1v) is 14.3. The number of hydrogen-bond donors (Lipinski definition) is 1. The van der Waals surface area contributed by atoms with Gasteiger partial charge in [-0.1, -0.05) is 60.5 Å². The molecule has 41 heavy (non-hydrogen) atoms. The number of methoxy groups -OCH3 is 1. The van der Waals surface area contributed by atoms with Gasteiger partial charge in [-0.05, 0) is 54.4 Å². The van der Waals surface area contributed by atoms with Gasteiger partial charge in [0.05, 0.1) is 35.5 Å². The van der Waals surface area contributed by atoms with E-state index < -0.39 is 23.5 Å². The average Bonchev–Trinajstić information content (AvgIpc) is 3.67. The quantitative estimate of drug-likeness (QED) is 0.139. The fraction of sp³-hybridized carbons (Fsp3) is 0.194. The zero-order valence-electron chi connectivity index (χ0n) is 22.2. The summed E-state index contributed by atoms with van der Waals surface area (Å²) in [4.78, 5) is 33.6. The summed E-state index contributed by atoms with van der Waals surface area (Å²) in [5.41, 5.74) is 1.53. The number of carbonyl (C=O) groups excluding carboxylic acids is 2. The van der Waals surface area contributed by atoms with Gasteiger partial charge in [-0.25, -0.2) is 4.98 Å². The minimum Gasteiger partial charge on any atom is -0.503 e. The van der Waals surface area contributed by atoms with E-state index in [1.807, 2.05) is 0 Å². The smallest absolute Gasteiger partial charge is 0.296 e. The molecule has 3 aromatic carbocycles. The molecular formula is C31H25ClN2O6S. The van der Waals surface area contributed by atoms with Crippen molar-refractivity contribution in [2.75, 3.05) is 18.6 Å². The highest BCUT2D eigenvalue weighted by Crippen LogP contribution is 2.45. The summed E-state index contributed by atoms with van der Waals surface area (Å²) < 4.78 is 17.9. The molecule has 1 unspecified atom stereocenters. The first kappa shape index (κ1) is 26.9. The van der Waals surface area contributed by atoms with Gasteiger partial charge in [0, 0.05) is 10.4 Å². The lowest BCUT2D eigenvalue weighted by Crippen LogP contribution is -2.30. The first-order valence-electron chi connectivity index (χ1n) is 13.1. The summed E-state index contributed by atoms with van der Waals surface area (Å²) in [6, 6.07) is 18.3. The molecule has 8 nitrogen and oxygen atoms in total. The number of aliphatic hydroxyl groups excluding tert-OH is 1. The van der Waals surface area contributed by atoms with Crippen LogP contribution in [-0.4, -0.2) is 35.5 Å². The van der Waals surface area contributed by atoms with Gasteiger partial charge in [0.25, 0.3) is 5.91 Å². The van der Waals surface area contributed by atoms with Crippen LogP contribution < -0.4 is 14.4 Å². The minimum absolute atomic E-state index is 0.0266. The molecular weight excluding hydrogens is 564 g/mol. The van der Waals surface area contributed by atoms with Crippen molar-refractivity contribution >= 4 is 60.9 Å². The molecule has 0 radical (unpaired) electrons. The lowest BCUT2D eigenvalue weighted by atomic mass is 9.95. The van der Waals surface area contributed by atoms with Gasteiger partial charge in [-0.3, -0.25) is 14.5 Å². The predicted molar refractivity (Wildman–Crippen MR) is 158 cm³/mol. The number of rotatable bonds is 9. The highest BCUT2D eigenvalue weighted by Gasteiger charge is 2.46. The zero-order chi connectivity index (χ0) is 28.7. The second kappa shape index (κ2) is 10.9. The maximum absolute atomic E-state index is 14.0. The highest BCUT2D eigenvalue weighted by molar-refractivity contribution is 7.22. The van der Waals surface area contributed by atoms with Crippen LogP contribution in [0.15, 0.2) is 82.5 Å². The van der Waals surface area contributed by atoms with Crippen molar-refractivity contribution in [3.05, 3.63) is 94.4 Å². The Morgan fingerprint density at radius 2 is 1.95 bits per heavy atom. The molecule has 208 valence electrons. The fourth-order valence-corrected chi connectivity index (χ4v) is 6.13. The van der Waals surface area contributed by atoms with E-state index >= 15 is 0 Å². The molecule has 10 heteroatoms. The van der Waals surface area contributed by atoms with Crippen LogP contribution >= 0.6 is 22.9 Å². The summed E-state index contributed by atoms with van der Waals surface area (Å²) in [6.07, 6.45) is 1.93. The number of aromatic nitrogens is 1. The number of aliphatic hydroxyl groups is 1. The van der Waals surface area contributed by atoms with E-state index in [1.165, 1.54) is 23.3 Å². The Bertz CT molecular complexity index is 1820. The number of anilines is 1. The lowest BCUT2D eigenvalue weighted by Gasteiger charge is -2.24. The number of ketones is 1. The highest BCUT2D eigenvalue weighted by atomic mass is 35.5. The number of fused-ring (bicyclic) bond motifs is 2. The van der Waals surface area contributed by atoms with E-state index in [1.54, 1.807) is 66.7 Å². The lowest BCUT2D eigenvalue weighted by molar-refractivity contribution is -0.117. The summed E-state index contributed by atoms with van der Waals surface area (Å²) in [6.45, 7) is 2.67. The number of halogens is 1. The molecule has 0 spiro atoms. The van der Waals surface area contributed by atoms with Gasteiger partial charge in [-0.15, -0.1) is 0 Å². The number of carbonyl (C=O) groups is 2. The van der Waals surface area contributed by atoms with E-state index in [0.29, 0.717) is 50.3 Å². The summed E-state index contributed by atoms with van der Waals surface area (Å²) in [7, 11) is 1.51. The number of para-hydroxylation sites is 1. The normalized spacial score (nSPS) is 15.3. The van der Waals surface area contributed by atoms with Gasteiger partial charge >= 0.3 is 0 Å². The molecule has 0 saturated heterocycles. The van der Waals surface area contributed by atoms with Crippen molar-refractivity contribution in [2.45, 2.75) is 25.8 Å². The van der Waals surface area contributed by atoms with Crippen LogP contribution in [0, 0.1) is 0 Å². The first-order chi connectivity index (χ1) is 19.9. The molecule has 3 heterocycles. The molecule has 0 saturated carbocycles. The maximum atomic E-state index is 14.0. The molecule has 1 aliphatic heterocycles. The van der Waals surface area contributed by atoms with Crippen LogP contribution in [0.3, 0.4) is 0 Å². The van der Waals surface area contributed by atoms with Crippen LogP contribution in [0.4, 0.5) is 5.13 Å². The number of benzene rings is 3. The largest absolute Gasteiger partial charge is 0.503 e. The van der Waals surface area contributed by atoms with E-state index in [4.69, 9.17) is 25.5 Å². The molecule has 6 rings (SSSR count). The van der Waals surface area contributed by atoms with Crippen molar-refractivity contribution in [2.24, 2.45) is 0 Å². The average molecular weight is 589 g/mol. The monoisotopic (exact) mass is 588 g/mol. The van der Waals surface area contributed by atoms with Crippen molar-refractivity contribution in [3.8, 4) is 11.5 Å². The van der Waals surface area contributed by atoms with E-state index in [9.17, 15) is 14.7 Å². The standard InChI is InChI=1S/C31H25ClN2O6S/c1-3-4-14-39-20-11-8-17(9-12-20)26-25(27(35)23-15-18-6-5-7-22(38-2)29(18)40-23)28(36)30(37)34(26)31-33-21-13-10-19(32)16-24(21)41-31/h5-13,15-16,26,36H,3-4,14H2,1-2H3. The third-order valence-electron chi connectivity index (χ3n) is 6.91. The van der Waals surface area contributed by atoms with Crippen LogP contribution in [0.5, 0.6) is 11.5 Å². The van der Waals surface area contributed by atoms with Crippen molar-refractivity contribution in [1.82, 2.24) is 4.98 Å². The Kier molecular flexibility index (Phi) is 7.15. The van der Waals surface area contributed by atoms with Crippen LogP contribution in [-0.2, 0) is 4.79 Å². The molecule has 0 aliphatic carbocycles. The van der Waals surface area contributed by atoms with Crippen molar-refractivity contribution < 1.29 is 28.6 Å². The van der Waals surface area contributed by atoms with Crippen LogP contribution in [0.25, 0.3) is 21.2 Å². The number of hydrogen-bond acceptors (Lipinski definition) is 8. The number of furan rings is 1. The number of amides is 1. The van der Waals surface area contributed by atoms with Gasteiger partial charge in [0.15, 0.2) is 28.0 Å². The number of unbranched alkanes of at least 4 members (excludes halogenated alkanes) is 1. The zero-order valence-corrected chi connectivity index (χ0v) is 23.8. The Morgan fingerprint density at radius 1 is 1.15 bits per heavy atom. The van der Waals surface area contributed by atoms with Gasteiger partial charge in [0.2, 0.25) is 5.78 Å². The third kappa shape index (κ3) is 4.81. The predicted octanol–water partition coefficient (Wildman–Crippen LogP) is 7.67.